The molecule has 0 amide bonds. The molecule has 0 spiro atoms. The second-order valence-electron chi connectivity index (χ2n) is 3.39. The number of hydrogen-bond donors (Lipinski definition) is 2. The highest BCUT2D eigenvalue weighted by molar-refractivity contribution is 5.85. The summed E-state index contributed by atoms with van der Waals surface area (Å²) in [6.45, 7) is 2.96. The van der Waals surface area contributed by atoms with Gasteiger partial charge in [-0.15, -0.1) is 12.4 Å². The molecule has 1 rings (SSSR count). The van der Waals surface area contributed by atoms with Crippen LogP contribution in [0.1, 0.15) is 44.3 Å². The van der Waals surface area contributed by atoms with Crippen molar-refractivity contribution in [1.29, 1.82) is 0 Å². The lowest BCUT2D eigenvalue weighted by molar-refractivity contribution is 0.533. The first-order chi connectivity index (χ1) is 6.38. The maximum absolute atomic E-state index is 5.57. The van der Waals surface area contributed by atoms with Crippen molar-refractivity contribution in [3.63, 3.8) is 0 Å². The molecule has 4 heteroatoms. The van der Waals surface area contributed by atoms with E-state index in [1.54, 1.807) is 0 Å². The van der Waals surface area contributed by atoms with Crippen molar-refractivity contribution in [3.05, 3.63) is 18.2 Å². The molecule has 14 heavy (non-hydrogen) atoms. The van der Waals surface area contributed by atoms with Gasteiger partial charge in [-0.2, -0.15) is 0 Å². The Hall–Kier alpha value is -0.540. The Morgan fingerprint density at radius 2 is 2.29 bits per heavy atom. The van der Waals surface area contributed by atoms with Crippen molar-refractivity contribution in [2.75, 3.05) is 6.54 Å². The summed E-state index contributed by atoms with van der Waals surface area (Å²) in [6, 6.07) is 0. The van der Waals surface area contributed by atoms with E-state index in [0.717, 1.165) is 18.8 Å². The van der Waals surface area contributed by atoms with Gasteiger partial charge >= 0.3 is 0 Å². The van der Waals surface area contributed by atoms with Crippen molar-refractivity contribution in [1.82, 2.24) is 9.97 Å². The summed E-state index contributed by atoms with van der Waals surface area (Å²) in [6.07, 6.45) is 8.41. The van der Waals surface area contributed by atoms with Gasteiger partial charge in [0.05, 0.1) is 0 Å². The van der Waals surface area contributed by atoms with Crippen molar-refractivity contribution in [3.8, 4) is 0 Å². The Kier molecular flexibility index (Phi) is 7.52. The maximum Gasteiger partial charge on any atom is 0.109 e. The van der Waals surface area contributed by atoms with Gasteiger partial charge in [0, 0.05) is 18.3 Å². The average molecular weight is 218 g/mol. The summed E-state index contributed by atoms with van der Waals surface area (Å²) in [5.74, 6) is 1.62. The summed E-state index contributed by atoms with van der Waals surface area (Å²) in [4.78, 5) is 7.44. The Balaban J connectivity index is 0.00000169. The predicted octanol–water partition coefficient (Wildman–Crippen LogP) is 2.45. The van der Waals surface area contributed by atoms with Crippen LogP contribution in [-0.4, -0.2) is 16.5 Å². The van der Waals surface area contributed by atoms with E-state index in [0.29, 0.717) is 5.92 Å². The summed E-state index contributed by atoms with van der Waals surface area (Å²) >= 11 is 0. The topological polar surface area (TPSA) is 54.7 Å². The third-order valence-corrected chi connectivity index (χ3v) is 2.33. The van der Waals surface area contributed by atoms with E-state index < -0.39 is 0 Å². The number of H-pyrrole nitrogens is 1. The monoisotopic (exact) mass is 217 g/mol. The largest absolute Gasteiger partial charge is 0.348 e. The molecule has 0 fully saturated rings. The number of unbranched alkanes of at least 4 members (excludes halogenated alkanes) is 1. The Morgan fingerprint density at radius 1 is 1.50 bits per heavy atom. The number of nitrogens with zero attached hydrogens (tertiary/aromatic N) is 1. The zero-order valence-electron chi connectivity index (χ0n) is 8.70. The molecular weight excluding hydrogens is 198 g/mol. The first-order valence-electron chi connectivity index (χ1n) is 5.07. The first kappa shape index (κ1) is 13.5. The van der Waals surface area contributed by atoms with Crippen LogP contribution in [0, 0.1) is 0 Å². The molecule has 3 nitrogen and oxygen atoms in total. The molecule has 0 saturated heterocycles. The number of hydrogen-bond acceptors (Lipinski definition) is 2. The molecule has 1 aromatic rings. The lowest BCUT2D eigenvalue weighted by Gasteiger charge is -2.12. The van der Waals surface area contributed by atoms with E-state index in [1.165, 1.54) is 19.3 Å². The highest BCUT2D eigenvalue weighted by atomic mass is 35.5. The minimum Gasteiger partial charge on any atom is -0.348 e. The average Bonchev–Trinajstić information content (AvgIpc) is 2.65. The lowest BCUT2D eigenvalue weighted by Crippen LogP contribution is -2.08. The molecule has 1 atom stereocenters. The molecule has 1 unspecified atom stereocenters. The lowest BCUT2D eigenvalue weighted by atomic mass is 9.98. The van der Waals surface area contributed by atoms with E-state index in [1.807, 2.05) is 12.4 Å². The van der Waals surface area contributed by atoms with Crippen LogP contribution in [0.25, 0.3) is 0 Å². The molecule has 0 saturated carbocycles. The Labute approximate surface area is 91.9 Å². The van der Waals surface area contributed by atoms with Crippen molar-refractivity contribution in [2.45, 2.75) is 38.5 Å². The van der Waals surface area contributed by atoms with Gasteiger partial charge in [-0.1, -0.05) is 19.8 Å². The molecule has 3 N–H and O–H groups in total. The number of nitrogens with one attached hydrogen (secondary N) is 1. The molecule has 0 aromatic carbocycles. The minimum absolute atomic E-state index is 0. The standard InChI is InChI=1S/C10H19N3.ClH/c1-2-3-4-9(5-6-11)10-12-7-8-13-10;/h7-9H,2-6,11H2,1H3,(H,12,13);1H. The van der Waals surface area contributed by atoms with Crippen molar-refractivity contribution in [2.24, 2.45) is 5.73 Å². The van der Waals surface area contributed by atoms with Crippen molar-refractivity contribution >= 4 is 12.4 Å². The number of nitrogens with two attached hydrogens (primary N) is 1. The molecule has 0 aliphatic heterocycles. The SMILES string of the molecule is CCCCC(CCN)c1ncc[nH]1.Cl. The van der Waals surface area contributed by atoms with Crippen LogP contribution in [-0.2, 0) is 0 Å². The fraction of sp³-hybridized carbons (Fsp3) is 0.700. The molecule has 0 aliphatic rings. The van der Waals surface area contributed by atoms with Crippen LogP contribution in [0.5, 0.6) is 0 Å². The van der Waals surface area contributed by atoms with E-state index >= 15 is 0 Å². The first-order valence-corrected chi connectivity index (χ1v) is 5.07. The van der Waals surface area contributed by atoms with Crippen LogP contribution in [0.3, 0.4) is 0 Å². The van der Waals surface area contributed by atoms with Gasteiger partial charge in [0.1, 0.15) is 5.82 Å². The number of imidazole rings is 1. The summed E-state index contributed by atoms with van der Waals surface area (Å²) in [5, 5.41) is 0. The summed E-state index contributed by atoms with van der Waals surface area (Å²) in [7, 11) is 0. The summed E-state index contributed by atoms with van der Waals surface area (Å²) < 4.78 is 0. The Bertz CT molecular complexity index is 211. The zero-order chi connectivity index (χ0) is 9.52. The molecule has 82 valence electrons. The second-order valence-corrected chi connectivity index (χ2v) is 3.39. The van der Waals surface area contributed by atoms with Gasteiger partial charge < -0.3 is 10.7 Å². The van der Waals surface area contributed by atoms with Crippen molar-refractivity contribution < 1.29 is 0 Å². The van der Waals surface area contributed by atoms with E-state index in [-0.39, 0.29) is 12.4 Å². The highest BCUT2D eigenvalue weighted by Crippen LogP contribution is 2.21. The zero-order valence-corrected chi connectivity index (χ0v) is 9.52. The normalized spacial score (nSPS) is 12.1. The fourth-order valence-corrected chi connectivity index (χ4v) is 1.57. The van der Waals surface area contributed by atoms with E-state index in [9.17, 15) is 0 Å². The quantitative estimate of drug-likeness (QED) is 0.769. The van der Waals surface area contributed by atoms with Gasteiger partial charge in [-0.25, -0.2) is 4.98 Å². The third-order valence-electron chi connectivity index (χ3n) is 2.33. The smallest absolute Gasteiger partial charge is 0.109 e. The molecular formula is C10H20ClN3. The minimum atomic E-state index is 0. The number of aromatic amines is 1. The van der Waals surface area contributed by atoms with Gasteiger partial charge in [0.2, 0.25) is 0 Å². The van der Waals surface area contributed by atoms with Gasteiger partial charge in [-0.05, 0) is 19.4 Å². The second kappa shape index (κ2) is 7.83. The van der Waals surface area contributed by atoms with Crippen LogP contribution in [0.2, 0.25) is 0 Å². The van der Waals surface area contributed by atoms with E-state index in [2.05, 4.69) is 16.9 Å². The number of halogens is 1. The fourth-order valence-electron chi connectivity index (χ4n) is 1.57. The van der Waals surface area contributed by atoms with Gasteiger partial charge in [0.15, 0.2) is 0 Å². The van der Waals surface area contributed by atoms with Crippen LogP contribution >= 0.6 is 12.4 Å². The number of aromatic nitrogens is 2. The van der Waals surface area contributed by atoms with Crippen LogP contribution < -0.4 is 5.73 Å². The number of rotatable bonds is 6. The van der Waals surface area contributed by atoms with Gasteiger partial charge in [-0.3, -0.25) is 0 Å². The molecule has 0 aliphatic carbocycles. The molecule has 0 radical (unpaired) electrons. The van der Waals surface area contributed by atoms with Crippen LogP contribution in [0.15, 0.2) is 12.4 Å². The molecule has 1 heterocycles. The third kappa shape index (κ3) is 4.11. The van der Waals surface area contributed by atoms with Gasteiger partial charge in [0.25, 0.3) is 0 Å². The molecule has 0 bridgehead atoms. The summed E-state index contributed by atoms with van der Waals surface area (Å²) in [5.41, 5.74) is 5.57. The maximum atomic E-state index is 5.57. The highest BCUT2D eigenvalue weighted by Gasteiger charge is 2.11. The van der Waals surface area contributed by atoms with Crippen LogP contribution in [0.4, 0.5) is 0 Å². The Morgan fingerprint density at radius 3 is 2.79 bits per heavy atom. The van der Waals surface area contributed by atoms with E-state index in [4.69, 9.17) is 5.73 Å². The molecule has 1 aromatic heterocycles. The predicted molar refractivity (Wildman–Crippen MR) is 61.8 cm³/mol.